The number of carbonyl (C=O) groups excluding carboxylic acids is 2. The van der Waals surface area contributed by atoms with Crippen molar-refractivity contribution in [2.24, 2.45) is 0 Å². The van der Waals surface area contributed by atoms with Crippen molar-refractivity contribution in [1.82, 2.24) is 0 Å². The van der Waals surface area contributed by atoms with Crippen LogP contribution in [0.25, 0.3) is 0 Å². The van der Waals surface area contributed by atoms with Crippen molar-refractivity contribution in [2.75, 3.05) is 26.4 Å². The summed E-state index contributed by atoms with van der Waals surface area (Å²) < 4.78 is 32.5. The summed E-state index contributed by atoms with van der Waals surface area (Å²) in [6.07, 6.45) is 32.7. The number of hydrogen-bond acceptors (Lipinski definition) is 10. The molecule has 4 N–H and O–H groups in total. The van der Waals surface area contributed by atoms with Crippen LogP contribution in [0.5, 0.6) is 0 Å². The fraction of sp³-hybridized carbons (Fsp3) is 0.750. The lowest BCUT2D eigenvalue weighted by Gasteiger charge is -2.20. The molecule has 0 aromatic rings. The van der Waals surface area contributed by atoms with Crippen molar-refractivity contribution >= 4 is 19.8 Å². The number of allylic oxidation sites excluding steroid dienone is 6. The molecule has 0 fully saturated rings. The van der Waals surface area contributed by atoms with Crippen molar-refractivity contribution in [1.29, 1.82) is 0 Å². The van der Waals surface area contributed by atoms with Gasteiger partial charge in [0.15, 0.2) is 6.10 Å². The Morgan fingerprint density at radius 3 is 1.83 bits per heavy atom. The van der Waals surface area contributed by atoms with Gasteiger partial charge in [-0.1, -0.05) is 120 Å². The van der Waals surface area contributed by atoms with E-state index >= 15 is 0 Å². The molecule has 0 saturated carbocycles. The van der Waals surface area contributed by atoms with Crippen LogP contribution in [-0.4, -0.2) is 76.9 Å². The third-order valence-corrected chi connectivity index (χ3v) is 9.00. The normalized spacial score (nSPS) is 15.1. The second-order valence-corrected chi connectivity index (χ2v) is 14.6. The predicted molar refractivity (Wildman–Crippen MR) is 207 cm³/mol. The Morgan fingerprint density at radius 2 is 1.21 bits per heavy atom. The fourth-order valence-electron chi connectivity index (χ4n) is 4.96. The van der Waals surface area contributed by atoms with Gasteiger partial charge >= 0.3 is 19.8 Å². The number of carbonyl (C=O) groups is 2. The number of phosphoric acid groups is 1. The SMILES string of the molecule is CC/C=C/CC(O)/C=C/C=C/CCCCCCCC(=O)OC[C@H](COP(=O)(O)OC[C@@H](O)CO)OC(=O)CCCCCCC/C=C\CCCCCC. The van der Waals surface area contributed by atoms with Gasteiger partial charge in [-0.25, -0.2) is 4.57 Å². The van der Waals surface area contributed by atoms with E-state index in [0.29, 0.717) is 19.3 Å². The van der Waals surface area contributed by atoms with Gasteiger partial charge in [-0.2, -0.15) is 0 Å². The molecule has 52 heavy (non-hydrogen) atoms. The number of phosphoric ester groups is 1. The zero-order valence-corrected chi connectivity index (χ0v) is 33.0. The lowest BCUT2D eigenvalue weighted by atomic mass is 10.1. The zero-order valence-electron chi connectivity index (χ0n) is 32.1. The number of ether oxygens (including phenoxy) is 2. The molecule has 11 nitrogen and oxygen atoms in total. The summed E-state index contributed by atoms with van der Waals surface area (Å²) in [6.45, 7) is 2.08. The van der Waals surface area contributed by atoms with Crippen molar-refractivity contribution < 1.29 is 52.9 Å². The second kappa shape index (κ2) is 35.9. The molecule has 0 amide bonds. The lowest BCUT2D eigenvalue weighted by Crippen LogP contribution is -2.29. The summed E-state index contributed by atoms with van der Waals surface area (Å²) in [5, 5.41) is 28.1. The van der Waals surface area contributed by atoms with Crippen LogP contribution in [0.15, 0.2) is 48.6 Å². The van der Waals surface area contributed by atoms with Crippen molar-refractivity contribution in [3.05, 3.63) is 48.6 Å². The van der Waals surface area contributed by atoms with Gasteiger partial charge in [0.05, 0.1) is 25.9 Å². The summed E-state index contributed by atoms with van der Waals surface area (Å²) in [5.41, 5.74) is 0. The number of hydrogen-bond donors (Lipinski definition) is 4. The minimum Gasteiger partial charge on any atom is -0.462 e. The van der Waals surface area contributed by atoms with Gasteiger partial charge in [-0.15, -0.1) is 0 Å². The van der Waals surface area contributed by atoms with Gasteiger partial charge in [-0.05, 0) is 64.2 Å². The average Bonchev–Trinajstić information content (AvgIpc) is 3.12. The van der Waals surface area contributed by atoms with Crippen LogP contribution in [0, 0.1) is 0 Å². The van der Waals surface area contributed by atoms with Crippen molar-refractivity contribution in [3.63, 3.8) is 0 Å². The molecule has 0 heterocycles. The molecular weight excluding hydrogens is 687 g/mol. The van der Waals surface area contributed by atoms with Crippen LogP contribution in [-0.2, 0) is 32.7 Å². The lowest BCUT2D eigenvalue weighted by molar-refractivity contribution is -0.161. The van der Waals surface area contributed by atoms with Gasteiger partial charge in [0.2, 0.25) is 0 Å². The first-order chi connectivity index (χ1) is 25.1. The molecule has 0 bridgehead atoms. The molecule has 0 radical (unpaired) electrons. The largest absolute Gasteiger partial charge is 0.472 e. The maximum absolute atomic E-state index is 12.5. The zero-order chi connectivity index (χ0) is 38.5. The third-order valence-electron chi connectivity index (χ3n) is 8.05. The monoisotopic (exact) mass is 758 g/mol. The van der Waals surface area contributed by atoms with Crippen LogP contribution in [0.4, 0.5) is 0 Å². The standard InChI is InChI=1S/C40H71O11P/c1-3-5-7-8-9-10-11-12-13-16-20-23-27-31-40(45)51-38(35-50-52(46,47)49-33-37(43)32-41)34-48-39(44)30-26-22-19-17-14-15-18-21-25-29-36(42)28-24-6-4-2/h6,10-11,18,21,24-25,29,36-38,41-43H,3-5,7-9,12-17,19-20,22-23,26-28,30-35H2,1-2H3,(H,46,47)/b11-10-,21-18+,24-6+,29-25+/t36?,37-,38+/m0/s1. The predicted octanol–water partition coefficient (Wildman–Crippen LogP) is 8.75. The van der Waals surface area contributed by atoms with Crippen LogP contribution in [0.1, 0.15) is 149 Å². The van der Waals surface area contributed by atoms with E-state index in [-0.39, 0.29) is 19.4 Å². The minimum atomic E-state index is -4.63. The van der Waals surface area contributed by atoms with Crippen LogP contribution in [0.2, 0.25) is 0 Å². The highest BCUT2D eigenvalue weighted by Crippen LogP contribution is 2.43. The number of aliphatic hydroxyl groups is 3. The number of unbranched alkanes of at least 4 members (excludes halogenated alkanes) is 14. The fourth-order valence-corrected chi connectivity index (χ4v) is 5.75. The average molecular weight is 759 g/mol. The topological polar surface area (TPSA) is 169 Å². The van der Waals surface area contributed by atoms with Gasteiger partial charge in [0.25, 0.3) is 0 Å². The second-order valence-electron chi connectivity index (χ2n) is 13.1. The Morgan fingerprint density at radius 1 is 0.654 bits per heavy atom. The summed E-state index contributed by atoms with van der Waals surface area (Å²) in [4.78, 5) is 34.8. The quantitative estimate of drug-likeness (QED) is 0.0158. The summed E-state index contributed by atoms with van der Waals surface area (Å²) in [5.74, 6) is -0.993. The Kier molecular flexibility index (Phi) is 34.4. The molecule has 0 saturated heterocycles. The molecular formula is C40H71O11P. The summed E-state index contributed by atoms with van der Waals surface area (Å²) >= 11 is 0. The van der Waals surface area contributed by atoms with Gasteiger partial charge in [0, 0.05) is 12.8 Å². The molecule has 0 aliphatic heterocycles. The molecule has 2 unspecified atom stereocenters. The van der Waals surface area contributed by atoms with E-state index in [0.717, 1.165) is 77.0 Å². The van der Waals surface area contributed by atoms with Gasteiger partial charge in [-0.3, -0.25) is 18.6 Å². The number of rotatable bonds is 36. The molecule has 12 heteroatoms. The van der Waals surface area contributed by atoms with Crippen LogP contribution in [0.3, 0.4) is 0 Å². The van der Waals surface area contributed by atoms with E-state index in [1.165, 1.54) is 25.7 Å². The minimum absolute atomic E-state index is 0.157. The van der Waals surface area contributed by atoms with E-state index in [2.05, 4.69) is 36.6 Å². The molecule has 0 aliphatic rings. The maximum Gasteiger partial charge on any atom is 0.472 e. The van der Waals surface area contributed by atoms with E-state index in [1.807, 2.05) is 24.3 Å². The highest BCUT2D eigenvalue weighted by atomic mass is 31.2. The smallest absolute Gasteiger partial charge is 0.462 e. The van der Waals surface area contributed by atoms with E-state index in [1.54, 1.807) is 6.08 Å². The molecule has 0 aromatic carbocycles. The molecule has 302 valence electrons. The first kappa shape index (κ1) is 49.9. The molecule has 0 aliphatic carbocycles. The Bertz CT molecular complexity index is 1030. The Hall–Kier alpha value is -2.11. The van der Waals surface area contributed by atoms with Crippen molar-refractivity contribution in [3.8, 4) is 0 Å². The highest BCUT2D eigenvalue weighted by molar-refractivity contribution is 7.47. The first-order valence-corrected chi connectivity index (χ1v) is 21.2. The first-order valence-electron chi connectivity index (χ1n) is 19.7. The Labute approximate surface area is 314 Å². The molecule has 0 rings (SSSR count). The van der Waals surface area contributed by atoms with Gasteiger partial charge < -0.3 is 29.7 Å². The molecule has 4 atom stereocenters. The van der Waals surface area contributed by atoms with E-state index in [9.17, 15) is 29.3 Å². The summed E-state index contributed by atoms with van der Waals surface area (Å²) in [6, 6.07) is 0. The Balaban J connectivity index is 4.44. The van der Waals surface area contributed by atoms with Crippen molar-refractivity contribution in [2.45, 2.75) is 167 Å². The van der Waals surface area contributed by atoms with Crippen LogP contribution >= 0.6 is 7.82 Å². The van der Waals surface area contributed by atoms with Gasteiger partial charge in [0.1, 0.15) is 12.7 Å². The van der Waals surface area contributed by atoms with Crippen LogP contribution < -0.4 is 0 Å². The van der Waals surface area contributed by atoms with E-state index in [4.69, 9.17) is 19.1 Å². The summed E-state index contributed by atoms with van der Waals surface area (Å²) in [7, 11) is -4.63. The number of esters is 2. The molecule has 0 spiro atoms. The molecule has 0 aromatic heterocycles. The maximum atomic E-state index is 12.5. The third kappa shape index (κ3) is 34.9. The highest BCUT2D eigenvalue weighted by Gasteiger charge is 2.27. The number of aliphatic hydroxyl groups excluding tert-OH is 3. The van der Waals surface area contributed by atoms with E-state index < -0.39 is 57.9 Å².